The minimum Gasteiger partial charge on any atom is -0.370 e. The SMILES string of the molecule is C1COC2(CCC(OCc3nn[nH]n3)CC2)O1. The zero-order valence-corrected chi connectivity index (χ0v) is 9.59. The Bertz CT molecular complexity index is 340. The first-order chi connectivity index (χ1) is 8.36. The molecule has 7 heteroatoms. The Kier molecular flexibility index (Phi) is 3.04. The molecule has 3 rings (SSSR count). The van der Waals surface area contributed by atoms with E-state index < -0.39 is 0 Å². The van der Waals surface area contributed by atoms with Crippen molar-refractivity contribution in [3.63, 3.8) is 0 Å². The number of tetrazole rings is 1. The predicted molar refractivity (Wildman–Crippen MR) is 55.9 cm³/mol. The lowest BCUT2D eigenvalue weighted by atomic mass is 9.92. The van der Waals surface area contributed by atoms with Crippen LogP contribution in [0.2, 0.25) is 0 Å². The number of hydrogen-bond donors (Lipinski definition) is 1. The molecule has 0 unspecified atom stereocenters. The van der Waals surface area contributed by atoms with E-state index in [0.717, 1.165) is 25.7 Å². The Morgan fingerprint density at radius 2 is 2.06 bits per heavy atom. The van der Waals surface area contributed by atoms with Gasteiger partial charge in [0.05, 0.1) is 19.3 Å². The number of H-pyrrole nitrogens is 1. The second-order valence-electron chi connectivity index (χ2n) is 4.45. The lowest BCUT2D eigenvalue weighted by Crippen LogP contribution is -2.37. The molecule has 2 aliphatic rings. The van der Waals surface area contributed by atoms with Crippen LogP contribution in [0.1, 0.15) is 31.5 Å². The lowest BCUT2D eigenvalue weighted by molar-refractivity contribution is -0.192. The van der Waals surface area contributed by atoms with Gasteiger partial charge in [-0.25, -0.2) is 0 Å². The third-order valence-corrected chi connectivity index (χ3v) is 3.35. The number of hydrogen-bond acceptors (Lipinski definition) is 6. The van der Waals surface area contributed by atoms with Crippen LogP contribution in [0.3, 0.4) is 0 Å². The maximum Gasteiger partial charge on any atom is 0.200 e. The summed E-state index contributed by atoms with van der Waals surface area (Å²) in [4.78, 5) is 0. The fourth-order valence-corrected chi connectivity index (χ4v) is 2.42. The van der Waals surface area contributed by atoms with Crippen molar-refractivity contribution >= 4 is 0 Å². The fourth-order valence-electron chi connectivity index (χ4n) is 2.42. The molecule has 7 nitrogen and oxygen atoms in total. The van der Waals surface area contributed by atoms with Gasteiger partial charge in [-0.15, -0.1) is 10.2 Å². The molecule has 1 aromatic heterocycles. The van der Waals surface area contributed by atoms with E-state index in [1.54, 1.807) is 0 Å². The number of aromatic nitrogens is 4. The molecule has 1 saturated carbocycles. The van der Waals surface area contributed by atoms with Gasteiger partial charge < -0.3 is 14.2 Å². The predicted octanol–water partition coefficient (Wildman–Crippen LogP) is 0.402. The van der Waals surface area contributed by atoms with Crippen molar-refractivity contribution < 1.29 is 14.2 Å². The first kappa shape index (κ1) is 11.1. The molecule has 2 heterocycles. The van der Waals surface area contributed by atoms with E-state index >= 15 is 0 Å². The van der Waals surface area contributed by atoms with Crippen LogP contribution in [0, 0.1) is 0 Å². The highest BCUT2D eigenvalue weighted by Gasteiger charge is 2.40. The Labute approximate surface area is 98.8 Å². The summed E-state index contributed by atoms with van der Waals surface area (Å²) in [6.45, 7) is 1.85. The van der Waals surface area contributed by atoms with Crippen LogP contribution in [0.5, 0.6) is 0 Å². The summed E-state index contributed by atoms with van der Waals surface area (Å²) in [5.74, 6) is 0.282. The molecule has 2 fully saturated rings. The molecule has 1 aliphatic heterocycles. The molecule has 0 radical (unpaired) electrons. The van der Waals surface area contributed by atoms with Gasteiger partial charge >= 0.3 is 0 Å². The quantitative estimate of drug-likeness (QED) is 0.823. The van der Waals surface area contributed by atoms with E-state index in [1.165, 1.54) is 0 Å². The topological polar surface area (TPSA) is 82.2 Å². The first-order valence-electron chi connectivity index (χ1n) is 5.98. The fraction of sp³-hybridized carbons (Fsp3) is 0.900. The number of ether oxygens (including phenoxy) is 3. The Hall–Kier alpha value is -1.05. The smallest absolute Gasteiger partial charge is 0.200 e. The van der Waals surface area contributed by atoms with E-state index in [4.69, 9.17) is 14.2 Å². The van der Waals surface area contributed by atoms with Gasteiger partial charge in [-0.05, 0) is 12.8 Å². The van der Waals surface area contributed by atoms with E-state index in [-0.39, 0.29) is 11.9 Å². The molecule has 1 N–H and O–H groups in total. The molecular weight excluding hydrogens is 224 g/mol. The summed E-state index contributed by atoms with van der Waals surface area (Å²) in [6, 6.07) is 0. The normalized spacial score (nSPS) is 24.5. The zero-order chi connectivity index (χ0) is 11.6. The van der Waals surface area contributed by atoms with E-state index in [2.05, 4.69) is 20.6 Å². The maximum atomic E-state index is 5.73. The monoisotopic (exact) mass is 240 g/mol. The summed E-state index contributed by atoms with van der Waals surface area (Å²) in [5.41, 5.74) is 0. The van der Waals surface area contributed by atoms with E-state index in [0.29, 0.717) is 25.6 Å². The lowest BCUT2D eigenvalue weighted by Gasteiger charge is -2.35. The second-order valence-corrected chi connectivity index (χ2v) is 4.45. The number of nitrogens with zero attached hydrogens (tertiary/aromatic N) is 3. The van der Waals surface area contributed by atoms with Crippen LogP contribution in [0.4, 0.5) is 0 Å². The van der Waals surface area contributed by atoms with Gasteiger partial charge in [0.25, 0.3) is 0 Å². The molecule has 0 bridgehead atoms. The van der Waals surface area contributed by atoms with Gasteiger partial charge in [0.15, 0.2) is 11.6 Å². The summed E-state index contributed by atoms with van der Waals surface area (Å²) in [5, 5.41) is 13.6. The van der Waals surface area contributed by atoms with Crippen molar-refractivity contribution in [1.29, 1.82) is 0 Å². The number of nitrogens with one attached hydrogen (secondary N) is 1. The van der Waals surface area contributed by atoms with Gasteiger partial charge in [-0.1, -0.05) is 5.21 Å². The number of rotatable bonds is 3. The molecule has 94 valence electrons. The van der Waals surface area contributed by atoms with E-state index in [1.807, 2.05) is 0 Å². The average molecular weight is 240 g/mol. The van der Waals surface area contributed by atoms with Crippen LogP contribution in [-0.2, 0) is 20.8 Å². The Balaban J connectivity index is 1.45. The van der Waals surface area contributed by atoms with Crippen LogP contribution in [0.25, 0.3) is 0 Å². The third kappa shape index (κ3) is 2.46. The molecule has 0 atom stereocenters. The standard InChI is InChI=1S/C10H16N4O3/c1-3-10(16-5-6-17-10)4-2-8(1)15-7-9-11-13-14-12-9/h8H,1-7H2,(H,11,12,13,14). The summed E-state index contributed by atoms with van der Waals surface area (Å²) in [6.07, 6.45) is 3.97. The van der Waals surface area contributed by atoms with Crippen LogP contribution >= 0.6 is 0 Å². The maximum absolute atomic E-state index is 5.73. The van der Waals surface area contributed by atoms with Gasteiger partial charge in [0.2, 0.25) is 0 Å². The molecule has 1 spiro atoms. The van der Waals surface area contributed by atoms with E-state index in [9.17, 15) is 0 Å². The van der Waals surface area contributed by atoms with Crippen molar-refractivity contribution in [2.24, 2.45) is 0 Å². The summed E-state index contributed by atoms with van der Waals surface area (Å²) < 4.78 is 17.1. The summed E-state index contributed by atoms with van der Waals surface area (Å²) in [7, 11) is 0. The molecular formula is C10H16N4O3. The van der Waals surface area contributed by atoms with Gasteiger partial charge in [-0.3, -0.25) is 0 Å². The highest BCUT2D eigenvalue weighted by atomic mass is 16.7. The third-order valence-electron chi connectivity index (χ3n) is 3.35. The van der Waals surface area contributed by atoms with Gasteiger partial charge in [0.1, 0.15) is 6.61 Å². The van der Waals surface area contributed by atoms with Crippen molar-refractivity contribution in [3.05, 3.63) is 5.82 Å². The van der Waals surface area contributed by atoms with Crippen LogP contribution < -0.4 is 0 Å². The average Bonchev–Trinajstić information content (AvgIpc) is 3.01. The highest BCUT2D eigenvalue weighted by Crippen LogP contribution is 2.36. The number of aromatic amines is 1. The van der Waals surface area contributed by atoms with Gasteiger partial charge in [0, 0.05) is 12.8 Å². The van der Waals surface area contributed by atoms with Crippen LogP contribution in [-0.4, -0.2) is 45.7 Å². The van der Waals surface area contributed by atoms with Crippen molar-refractivity contribution in [1.82, 2.24) is 20.6 Å². The molecule has 0 amide bonds. The Morgan fingerprint density at radius 1 is 1.29 bits per heavy atom. The second kappa shape index (κ2) is 4.67. The van der Waals surface area contributed by atoms with Crippen molar-refractivity contribution in [2.45, 2.75) is 44.2 Å². The first-order valence-corrected chi connectivity index (χ1v) is 5.98. The van der Waals surface area contributed by atoms with Gasteiger partial charge in [-0.2, -0.15) is 5.21 Å². The van der Waals surface area contributed by atoms with Crippen molar-refractivity contribution in [2.75, 3.05) is 13.2 Å². The molecule has 17 heavy (non-hydrogen) atoms. The van der Waals surface area contributed by atoms with Crippen LogP contribution in [0.15, 0.2) is 0 Å². The zero-order valence-electron chi connectivity index (χ0n) is 9.59. The molecule has 0 aromatic carbocycles. The summed E-state index contributed by atoms with van der Waals surface area (Å²) >= 11 is 0. The molecule has 1 aromatic rings. The highest BCUT2D eigenvalue weighted by molar-refractivity contribution is 4.83. The molecule has 1 aliphatic carbocycles. The minimum absolute atomic E-state index is 0.243. The Morgan fingerprint density at radius 3 is 2.71 bits per heavy atom. The largest absolute Gasteiger partial charge is 0.370 e. The van der Waals surface area contributed by atoms with Crippen molar-refractivity contribution in [3.8, 4) is 0 Å². The minimum atomic E-state index is -0.313. The molecule has 1 saturated heterocycles.